The molecule has 0 radical (unpaired) electrons. The van der Waals surface area contributed by atoms with E-state index in [2.05, 4.69) is 22.8 Å². The zero-order valence-corrected chi connectivity index (χ0v) is 15.4. The van der Waals surface area contributed by atoms with Crippen LogP contribution in [0, 0.1) is 5.92 Å². The van der Waals surface area contributed by atoms with Crippen LogP contribution in [0.15, 0.2) is 54.6 Å². The molecule has 0 aromatic heterocycles. The van der Waals surface area contributed by atoms with Gasteiger partial charge in [-0.15, -0.1) is 0 Å². The van der Waals surface area contributed by atoms with Gasteiger partial charge in [0.2, 0.25) is 5.91 Å². The molecule has 2 N–H and O–H groups in total. The van der Waals surface area contributed by atoms with Crippen molar-refractivity contribution in [3.05, 3.63) is 60.2 Å². The lowest BCUT2D eigenvalue weighted by molar-refractivity contribution is -0.119. The normalized spacial score (nSPS) is 23.1. The molecule has 2 saturated heterocycles. The second kappa shape index (κ2) is 8.55. The second-order valence-electron chi connectivity index (χ2n) is 7.23. The average Bonchev–Trinajstić information content (AvgIpc) is 3.20. The van der Waals surface area contributed by atoms with E-state index in [4.69, 9.17) is 9.47 Å². The van der Waals surface area contributed by atoms with E-state index >= 15 is 0 Å². The highest BCUT2D eigenvalue weighted by Gasteiger charge is 2.33. The summed E-state index contributed by atoms with van der Waals surface area (Å²) in [5.74, 6) is 0.973. The number of ether oxygens (including phenoxy) is 2. The summed E-state index contributed by atoms with van der Waals surface area (Å²) in [6.07, 6.45) is 2.00. The smallest absolute Gasteiger partial charge is 0.229 e. The molecular formula is C22H26N2O3. The quantitative estimate of drug-likeness (QED) is 0.853. The SMILES string of the molecule is O=C(Nc1cccc(OC2CCOCC2)c1)[C@@H]1CNC[C@H]1c1ccccc1. The van der Waals surface area contributed by atoms with Gasteiger partial charge in [-0.25, -0.2) is 0 Å². The van der Waals surface area contributed by atoms with Crippen LogP contribution < -0.4 is 15.4 Å². The molecule has 142 valence electrons. The molecule has 0 unspecified atom stereocenters. The first kappa shape index (κ1) is 18.0. The predicted molar refractivity (Wildman–Crippen MR) is 105 cm³/mol. The van der Waals surface area contributed by atoms with E-state index in [0.29, 0.717) is 6.54 Å². The summed E-state index contributed by atoms with van der Waals surface area (Å²) in [5, 5.41) is 6.43. The maximum Gasteiger partial charge on any atom is 0.229 e. The van der Waals surface area contributed by atoms with Gasteiger partial charge in [0, 0.05) is 43.6 Å². The zero-order chi connectivity index (χ0) is 18.5. The lowest BCUT2D eigenvalue weighted by atomic mass is 9.88. The van der Waals surface area contributed by atoms with E-state index in [9.17, 15) is 4.79 Å². The van der Waals surface area contributed by atoms with Crippen molar-refractivity contribution >= 4 is 11.6 Å². The Morgan fingerprint density at radius 1 is 1.04 bits per heavy atom. The van der Waals surface area contributed by atoms with Crippen LogP contribution in [0.4, 0.5) is 5.69 Å². The molecule has 4 rings (SSSR count). The fraction of sp³-hybridized carbons (Fsp3) is 0.409. The number of rotatable bonds is 5. The van der Waals surface area contributed by atoms with E-state index < -0.39 is 0 Å². The van der Waals surface area contributed by atoms with Crippen molar-refractivity contribution in [1.82, 2.24) is 5.32 Å². The molecule has 5 nitrogen and oxygen atoms in total. The van der Waals surface area contributed by atoms with Crippen molar-refractivity contribution in [2.45, 2.75) is 24.9 Å². The molecule has 0 saturated carbocycles. The minimum absolute atomic E-state index is 0.0528. The Morgan fingerprint density at radius 3 is 2.67 bits per heavy atom. The zero-order valence-electron chi connectivity index (χ0n) is 15.4. The minimum atomic E-state index is -0.0764. The highest BCUT2D eigenvalue weighted by atomic mass is 16.5. The third kappa shape index (κ3) is 4.49. The van der Waals surface area contributed by atoms with Gasteiger partial charge in [0.1, 0.15) is 11.9 Å². The van der Waals surface area contributed by atoms with Crippen LogP contribution in [0.1, 0.15) is 24.3 Å². The molecule has 0 bridgehead atoms. The molecule has 1 amide bonds. The van der Waals surface area contributed by atoms with Crippen molar-refractivity contribution in [2.24, 2.45) is 5.92 Å². The van der Waals surface area contributed by atoms with Gasteiger partial charge in [-0.3, -0.25) is 4.79 Å². The molecule has 2 atom stereocenters. The van der Waals surface area contributed by atoms with Gasteiger partial charge in [0.25, 0.3) is 0 Å². The van der Waals surface area contributed by atoms with Gasteiger partial charge in [-0.05, 0) is 17.7 Å². The Kier molecular flexibility index (Phi) is 5.70. The second-order valence-corrected chi connectivity index (χ2v) is 7.23. The van der Waals surface area contributed by atoms with Crippen LogP contribution in [0.5, 0.6) is 5.75 Å². The highest BCUT2D eigenvalue weighted by molar-refractivity contribution is 5.93. The summed E-state index contributed by atoms with van der Waals surface area (Å²) >= 11 is 0. The molecular weight excluding hydrogens is 340 g/mol. The lowest BCUT2D eigenvalue weighted by Crippen LogP contribution is -2.28. The van der Waals surface area contributed by atoms with Gasteiger partial charge < -0.3 is 20.1 Å². The minimum Gasteiger partial charge on any atom is -0.490 e. The highest BCUT2D eigenvalue weighted by Crippen LogP contribution is 2.29. The maximum atomic E-state index is 12.9. The van der Waals surface area contributed by atoms with E-state index in [1.54, 1.807) is 0 Å². The average molecular weight is 366 g/mol. The van der Waals surface area contributed by atoms with Crippen LogP contribution in [0.25, 0.3) is 0 Å². The molecule has 2 fully saturated rings. The van der Waals surface area contributed by atoms with E-state index in [1.807, 2.05) is 42.5 Å². The standard InChI is InChI=1S/C22H26N2O3/c25-22(21-15-23-14-20(21)16-5-2-1-3-6-16)24-17-7-4-8-19(13-17)27-18-9-11-26-12-10-18/h1-8,13,18,20-21,23H,9-12,14-15H2,(H,24,25)/t20-,21+/m0/s1. The maximum absolute atomic E-state index is 12.9. The summed E-state index contributed by atoms with van der Waals surface area (Å²) in [4.78, 5) is 12.9. The molecule has 2 heterocycles. The third-order valence-electron chi connectivity index (χ3n) is 5.35. The largest absolute Gasteiger partial charge is 0.490 e. The van der Waals surface area contributed by atoms with Gasteiger partial charge >= 0.3 is 0 Å². The van der Waals surface area contributed by atoms with Gasteiger partial charge in [-0.2, -0.15) is 0 Å². The molecule has 2 aliphatic rings. The first-order chi connectivity index (χ1) is 13.3. The molecule has 5 heteroatoms. The summed E-state index contributed by atoms with van der Waals surface area (Å²) < 4.78 is 11.4. The van der Waals surface area contributed by atoms with Crippen LogP contribution >= 0.6 is 0 Å². The Hall–Kier alpha value is -2.37. The van der Waals surface area contributed by atoms with Crippen molar-refractivity contribution in [2.75, 3.05) is 31.6 Å². The Bertz CT molecular complexity index is 759. The van der Waals surface area contributed by atoms with E-state index in [-0.39, 0.29) is 23.8 Å². The summed E-state index contributed by atoms with van der Waals surface area (Å²) in [7, 11) is 0. The molecule has 27 heavy (non-hydrogen) atoms. The van der Waals surface area contributed by atoms with Crippen LogP contribution in [0.3, 0.4) is 0 Å². The first-order valence-electron chi connectivity index (χ1n) is 9.70. The fourth-order valence-corrected chi connectivity index (χ4v) is 3.87. The molecule has 0 spiro atoms. The number of hydrogen-bond donors (Lipinski definition) is 2. The van der Waals surface area contributed by atoms with Crippen molar-refractivity contribution < 1.29 is 14.3 Å². The summed E-state index contributed by atoms with van der Waals surface area (Å²) in [6, 6.07) is 17.9. The van der Waals surface area contributed by atoms with Crippen molar-refractivity contribution in [3.63, 3.8) is 0 Å². The number of nitrogens with one attached hydrogen (secondary N) is 2. The van der Waals surface area contributed by atoms with Crippen LogP contribution in [-0.4, -0.2) is 38.3 Å². The van der Waals surface area contributed by atoms with E-state index in [0.717, 1.165) is 44.0 Å². The Labute approximate surface area is 160 Å². The number of benzene rings is 2. The monoisotopic (exact) mass is 366 g/mol. The summed E-state index contributed by atoms with van der Waals surface area (Å²) in [6.45, 7) is 3.02. The number of anilines is 1. The topological polar surface area (TPSA) is 59.6 Å². The van der Waals surface area contributed by atoms with Gasteiger partial charge in [-0.1, -0.05) is 36.4 Å². The number of carbonyl (C=O) groups excluding carboxylic acids is 1. The fourth-order valence-electron chi connectivity index (χ4n) is 3.87. The number of hydrogen-bond acceptors (Lipinski definition) is 4. The molecule has 2 aromatic carbocycles. The number of amides is 1. The number of carbonyl (C=O) groups is 1. The summed E-state index contributed by atoms with van der Waals surface area (Å²) in [5.41, 5.74) is 1.99. The third-order valence-corrected chi connectivity index (χ3v) is 5.35. The van der Waals surface area contributed by atoms with E-state index in [1.165, 1.54) is 5.56 Å². The predicted octanol–water partition coefficient (Wildman–Crippen LogP) is 3.19. The van der Waals surface area contributed by atoms with Crippen molar-refractivity contribution in [3.8, 4) is 5.75 Å². The molecule has 2 aliphatic heterocycles. The van der Waals surface area contributed by atoms with Crippen LogP contribution in [-0.2, 0) is 9.53 Å². The Morgan fingerprint density at radius 2 is 1.85 bits per heavy atom. The molecule has 0 aliphatic carbocycles. The first-order valence-corrected chi connectivity index (χ1v) is 9.70. The molecule has 2 aromatic rings. The van der Waals surface area contributed by atoms with Gasteiger partial charge in [0.15, 0.2) is 0 Å². The Balaban J connectivity index is 1.41. The van der Waals surface area contributed by atoms with Gasteiger partial charge in [0.05, 0.1) is 19.1 Å². The van der Waals surface area contributed by atoms with Crippen LogP contribution in [0.2, 0.25) is 0 Å². The van der Waals surface area contributed by atoms with Crippen molar-refractivity contribution in [1.29, 1.82) is 0 Å². The lowest BCUT2D eigenvalue weighted by Gasteiger charge is -2.23.